The fourth-order valence-corrected chi connectivity index (χ4v) is 4.08. The van der Waals surface area contributed by atoms with Crippen molar-refractivity contribution >= 4 is 39.7 Å². The number of aromatic nitrogens is 2. The van der Waals surface area contributed by atoms with Gasteiger partial charge in [0, 0.05) is 16.0 Å². The van der Waals surface area contributed by atoms with E-state index in [1.807, 2.05) is 6.07 Å². The number of benzene rings is 3. The van der Waals surface area contributed by atoms with E-state index in [1.54, 1.807) is 60.7 Å². The van der Waals surface area contributed by atoms with Crippen molar-refractivity contribution in [3.8, 4) is 28.8 Å². The number of furan rings is 1. The summed E-state index contributed by atoms with van der Waals surface area (Å²) in [6, 6.07) is 17.6. The number of fused-ring (bicyclic) bond motifs is 2. The highest BCUT2D eigenvalue weighted by atomic mass is 35.5. The second-order valence-corrected chi connectivity index (χ2v) is 8.40. The third-order valence-electron chi connectivity index (χ3n) is 5.60. The van der Waals surface area contributed by atoms with Crippen LogP contribution in [0, 0.1) is 0 Å². The molecule has 2 heterocycles. The SMILES string of the molecule is C=CCOc1c(OC)cc(C=Nn2c(-c3cc4cc(Cl)ccc4o3)nc3ccccc3c2=O)cc1OC. The van der Waals surface area contributed by atoms with Gasteiger partial charge in [0.25, 0.3) is 5.56 Å². The van der Waals surface area contributed by atoms with Crippen molar-refractivity contribution in [3.05, 3.63) is 94.3 Å². The normalized spacial score (nSPS) is 11.3. The van der Waals surface area contributed by atoms with E-state index in [0.717, 1.165) is 5.39 Å². The molecule has 0 amide bonds. The van der Waals surface area contributed by atoms with Crippen LogP contribution in [0.25, 0.3) is 33.5 Å². The van der Waals surface area contributed by atoms with Crippen LogP contribution in [0.1, 0.15) is 5.56 Å². The van der Waals surface area contributed by atoms with E-state index in [2.05, 4.69) is 11.7 Å². The van der Waals surface area contributed by atoms with Gasteiger partial charge in [0.05, 0.1) is 31.3 Å². The highest BCUT2D eigenvalue weighted by Crippen LogP contribution is 2.38. The van der Waals surface area contributed by atoms with E-state index < -0.39 is 0 Å². The van der Waals surface area contributed by atoms with Crippen molar-refractivity contribution in [2.24, 2.45) is 5.10 Å². The summed E-state index contributed by atoms with van der Waals surface area (Å²) >= 11 is 6.14. The van der Waals surface area contributed by atoms with E-state index >= 15 is 0 Å². The van der Waals surface area contributed by atoms with Crippen LogP contribution >= 0.6 is 11.6 Å². The third kappa shape index (κ3) is 4.66. The molecule has 37 heavy (non-hydrogen) atoms. The Morgan fingerprint density at radius 2 is 1.84 bits per heavy atom. The first-order valence-corrected chi connectivity index (χ1v) is 11.7. The van der Waals surface area contributed by atoms with Gasteiger partial charge in [0.15, 0.2) is 17.3 Å². The molecule has 3 aromatic carbocycles. The zero-order valence-electron chi connectivity index (χ0n) is 20.1. The van der Waals surface area contributed by atoms with E-state index in [0.29, 0.717) is 50.1 Å². The maximum Gasteiger partial charge on any atom is 0.282 e. The zero-order chi connectivity index (χ0) is 25.9. The number of hydrogen-bond acceptors (Lipinski definition) is 7. The van der Waals surface area contributed by atoms with Crippen molar-refractivity contribution in [2.45, 2.75) is 0 Å². The maximum absolute atomic E-state index is 13.5. The molecule has 5 aromatic rings. The van der Waals surface area contributed by atoms with E-state index in [1.165, 1.54) is 25.1 Å². The van der Waals surface area contributed by atoms with Crippen LogP contribution in [0.4, 0.5) is 0 Å². The molecule has 2 aromatic heterocycles. The summed E-state index contributed by atoms with van der Waals surface area (Å²) in [7, 11) is 3.06. The van der Waals surface area contributed by atoms with Gasteiger partial charge in [0.2, 0.25) is 11.6 Å². The Morgan fingerprint density at radius 1 is 1.08 bits per heavy atom. The van der Waals surface area contributed by atoms with Crippen molar-refractivity contribution in [2.75, 3.05) is 20.8 Å². The topological polar surface area (TPSA) is 88.1 Å². The monoisotopic (exact) mass is 515 g/mol. The Hall–Kier alpha value is -4.56. The number of rotatable bonds is 8. The minimum atomic E-state index is -0.347. The molecule has 0 unspecified atom stereocenters. The Morgan fingerprint density at radius 3 is 2.57 bits per heavy atom. The summed E-state index contributed by atoms with van der Waals surface area (Å²) in [6.45, 7) is 3.95. The minimum absolute atomic E-state index is 0.247. The lowest BCUT2D eigenvalue weighted by Gasteiger charge is -2.14. The van der Waals surface area contributed by atoms with Crippen LogP contribution < -0.4 is 19.8 Å². The number of hydrogen-bond donors (Lipinski definition) is 0. The van der Waals surface area contributed by atoms with Gasteiger partial charge in [-0.1, -0.05) is 36.4 Å². The molecular weight excluding hydrogens is 494 g/mol. The summed E-state index contributed by atoms with van der Waals surface area (Å²) in [5, 5.41) is 6.27. The maximum atomic E-state index is 13.5. The quantitative estimate of drug-likeness (QED) is 0.188. The molecule has 9 heteroatoms. The summed E-state index contributed by atoms with van der Waals surface area (Å²) in [5.41, 5.74) is 1.41. The third-order valence-corrected chi connectivity index (χ3v) is 5.84. The first-order valence-electron chi connectivity index (χ1n) is 11.3. The van der Waals surface area contributed by atoms with Gasteiger partial charge >= 0.3 is 0 Å². The summed E-state index contributed by atoms with van der Waals surface area (Å²) in [6.07, 6.45) is 3.14. The van der Waals surface area contributed by atoms with Crippen LogP contribution in [-0.4, -0.2) is 36.7 Å². The van der Waals surface area contributed by atoms with Crippen molar-refractivity contribution in [1.82, 2.24) is 9.66 Å². The Bertz CT molecular complexity index is 1700. The van der Waals surface area contributed by atoms with E-state index in [-0.39, 0.29) is 18.0 Å². The lowest BCUT2D eigenvalue weighted by Crippen LogP contribution is -2.20. The summed E-state index contributed by atoms with van der Waals surface area (Å²) in [4.78, 5) is 18.2. The second kappa shape index (κ2) is 10.2. The van der Waals surface area contributed by atoms with E-state index in [4.69, 9.17) is 35.2 Å². The molecule has 0 spiro atoms. The summed E-state index contributed by atoms with van der Waals surface area (Å²) in [5.74, 6) is 1.95. The Kier molecular flexibility index (Phi) is 6.66. The number of ether oxygens (including phenoxy) is 3. The molecule has 8 nitrogen and oxygen atoms in total. The van der Waals surface area contributed by atoms with Gasteiger partial charge < -0.3 is 18.6 Å². The van der Waals surface area contributed by atoms with Crippen LogP contribution in [0.5, 0.6) is 17.2 Å². The number of halogens is 1. The van der Waals surface area contributed by atoms with Crippen LogP contribution in [0.15, 0.2) is 87.6 Å². The Balaban J connectivity index is 1.66. The van der Waals surface area contributed by atoms with Crippen molar-refractivity contribution in [1.29, 1.82) is 0 Å². The predicted molar refractivity (Wildman–Crippen MR) is 144 cm³/mol. The minimum Gasteiger partial charge on any atom is -0.493 e. The smallest absolute Gasteiger partial charge is 0.282 e. The van der Waals surface area contributed by atoms with Crippen LogP contribution in [-0.2, 0) is 0 Å². The number of nitrogens with zero attached hydrogens (tertiary/aromatic N) is 3. The van der Waals surface area contributed by atoms with E-state index in [9.17, 15) is 4.79 Å². The van der Waals surface area contributed by atoms with Crippen LogP contribution in [0.3, 0.4) is 0 Å². The fourth-order valence-electron chi connectivity index (χ4n) is 3.90. The van der Waals surface area contributed by atoms with Gasteiger partial charge in [-0.2, -0.15) is 9.78 Å². The molecule has 0 bridgehead atoms. The molecule has 5 rings (SSSR count). The fraction of sp³-hybridized carbons (Fsp3) is 0.107. The first kappa shape index (κ1) is 24.1. The molecule has 0 saturated carbocycles. The molecule has 0 atom stereocenters. The second-order valence-electron chi connectivity index (χ2n) is 7.96. The largest absolute Gasteiger partial charge is 0.493 e. The zero-order valence-corrected chi connectivity index (χ0v) is 20.9. The highest BCUT2D eigenvalue weighted by Gasteiger charge is 2.17. The molecule has 0 fully saturated rings. The lowest BCUT2D eigenvalue weighted by molar-refractivity contribution is 0.301. The average Bonchev–Trinajstić information content (AvgIpc) is 3.34. The van der Waals surface area contributed by atoms with Gasteiger partial charge in [-0.15, -0.1) is 0 Å². The lowest BCUT2D eigenvalue weighted by atomic mass is 10.2. The first-order chi connectivity index (χ1) is 18.0. The highest BCUT2D eigenvalue weighted by molar-refractivity contribution is 6.31. The van der Waals surface area contributed by atoms with Gasteiger partial charge in [-0.3, -0.25) is 4.79 Å². The average molecular weight is 516 g/mol. The molecule has 0 aliphatic heterocycles. The van der Waals surface area contributed by atoms with Gasteiger partial charge in [-0.05, 0) is 48.5 Å². The molecule has 0 radical (unpaired) electrons. The number of para-hydroxylation sites is 1. The van der Waals surface area contributed by atoms with Crippen molar-refractivity contribution < 1.29 is 18.6 Å². The van der Waals surface area contributed by atoms with Gasteiger partial charge in [0.1, 0.15) is 12.2 Å². The van der Waals surface area contributed by atoms with Crippen LogP contribution in [0.2, 0.25) is 5.02 Å². The molecule has 0 aliphatic carbocycles. The predicted octanol–water partition coefficient (Wildman–Crippen LogP) is 5.93. The van der Waals surface area contributed by atoms with Gasteiger partial charge in [-0.25, -0.2) is 4.98 Å². The molecule has 0 N–H and O–H groups in total. The molecule has 0 saturated heterocycles. The standard InChI is InChI=1S/C28H22ClN3O5/c1-4-11-36-26-23(34-2)12-17(13-24(26)35-3)16-30-32-27(31-21-8-6-5-7-20(21)28(32)33)25-15-18-14-19(29)9-10-22(18)37-25/h4-10,12-16H,1,11H2,2-3H3. The summed E-state index contributed by atoms with van der Waals surface area (Å²) < 4.78 is 23.9. The molecule has 0 aliphatic rings. The molecule has 186 valence electrons. The molecular formula is C28H22ClN3O5. The van der Waals surface area contributed by atoms with Crippen molar-refractivity contribution in [3.63, 3.8) is 0 Å². The Labute approximate surface area is 217 Å². The number of methoxy groups -OCH3 is 2.